The summed E-state index contributed by atoms with van der Waals surface area (Å²) in [6.45, 7) is 1.92. The van der Waals surface area contributed by atoms with E-state index in [2.05, 4.69) is 16.7 Å². The van der Waals surface area contributed by atoms with Crippen LogP contribution in [0.3, 0.4) is 0 Å². The highest BCUT2D eigenvalue weighted by Gasteiger charge is 2.44. The number of ether oxygens (including phenoxy) is 2. The number of thioether (sulfide) groups is 1. The quantitative estimate of drug-likeness (QED) is 0.476. The van der Waals surface area contributed by atoms with Crippen molar-refractivity contribution in [3.8, 4) is 11.8 Å². The summed E-state index contributed by atoms with van der Waals surface area (Å²) < 4.78 is 9.93. The molecule has 0 spiro atoms. The molecule has 0 aromatic heterocycles. The molecule has 0 aliphatic carbocycles. The molecular weight excluding hydrogens is 442 g/mol. The Labute approximate surface area is 195 Å². The van der Waals surface area contributed by atoms with Crippen molar-refractivity contribution in [2.45, 2.75) is 12.8 Å². The zero-order valence-corrected chi connectivity index (χ0v) is 19.2. The van der Waals surface area contributed by atoms with Crippen LogP contribution in [0.4, 0.5) is 5.69 Å². The van der Waals surface area contributed by atoms with Gasteiger partial charge in [0, 0.05) is 11.6 Å². The molecule has 0 saturated carbocycles. The summed E-state index contributed by atoms with van der Waals surface area (Å²) in [5.41, 5.74) is 2.44. The van der Waals surface area contributed by atoms with E-state index in [0.717, 1.165) is 17.3 Å². The molecular formula is C24H23N3O5S. The number of aryl methyl sites for hydroxylation is 1. The molecule has 2 N–H and O–H groups in total. The van der Waals surface area contributed by atoms with E-state index in [1.54, 1.807) is 43.5 Å². The minimum atomic E-state index is -1.20. The number of allylic oxidation sites excluding steroid dienone is 1. The lowest BCUT2D eigenvalue weighted by Gasteiger charge is -2.31. The first-order chi connectivity index (χ1) is 15.9. The minimum Gasteiger partial charge on any atom is -0.497 e. The number of carbonyl (C=O) groups is 3. The van der Waals surface area contributed by atoms with Gasteiger partial charge in [-0.15, -0.1) is 0 Å². The molecule has 0 saturated heterocycles. The van der Waals surface area contributed by atoms with E-state index in [1.165, 1.54) is 7.11 Å². The number of anilines is 1. The van der Waals surface area contributed by atoms with Crippen LogP contribution in [0, 0.1) is 24.2 Å². The van der Waals surface area contributed by atoms with Gasteiger partial charge in [-0.1, -0.05) is 41.6 Å². The molecule has 0 fully saturated rings. The van der Waals surface area contributed by atoms with E-state index in [0.29, 0.717) is 17.0 Å². The van der Waals surface area contributed by atoms with Gasteiger partial charge in [0.1, 0.15) is 11.7 Å². The van der Waals surface area contributed by atoms with Gasteiger partial charge in [-0.3, -0.25) is 14.4 Å². The van der Waals surface area contributed by atoms with Gasteiger partial charge in [-0.05, 0) is 36.8 Å². The molecule has 2 atom stereocenters. The molecule has 2 amide bonds. The Balaban J connectivity index is 1.85. The van der Waals surface area contributed by atoms with Gasteiger partial charge < -0.3 is 20.1 Å². The zero-order valence-electron chi connectivity index (χ0n) is 18.4. The van der Waals surface area contributed by atoms with Crippen molar-refractivity contribution >= 4 is 35.2 Å². The number of benzene rings is 2. The van der Waals surface area contributed by atoms with Crippen molar-refractivity contribution in [1.29, 1.82) is 5.26 Å². The highest BCUT2D eigenvalue weighted by Crippen LogP contribution is 2.40. The van der Waals surface area contributed by atoms with E-state index < -0.39 is 23.7 Å². The fourth-order valence-corrected chi connectivity index (χ4v) is 4.31. The number of nitriles is 1. The minimum absolute atomic E-state index is 0.0453. The van der Waals surface area contributed by atoms with Gasteiger partial charge in [-0.2, -0.15) is 5.26 Å². The summed E-state index contributed by atoms with van der Waals surface area (Å²) in [4.78, 5) is 37.7. The van der Waals surface area contributed by atoms with Gasteiger partial charge >= 0.3 is 5.97 Å². The van der Waals surface area contributed by atoms with Crippen LogP contribution in [0.25, 0.3) is 0 Å². The average molecular weight is 466 g/mol. The molecule has 33 heavy (non-hydrogen) atoms. The van der Waals surface area contributed by atoms with Crippen molar-refractivity contribution in [2.24, 2.45) is 5.92 Å². The standard InChI is InChI=1S/C24H23N3O5S/c1-14-4-6-15(7-5-14)20-18(12-25)23(27-22(29)21(20)24(30)32-3)33-13-19(28)26-16-8-10-17(31-2)11-9-16/h4-11,20-21H,13H2,1-3H3,(H,26,28)(H,27,29)/t20-,21+/m0/s1. The number of hydrogen-bond donors (Lipinski definition) is 2. The van der Waals surface area contributed by atoms with E-state index in [-0.39, 0.29) is 22.3 Å². The topological polar surface area (TPSA) is 118 Å². The van der Waals surface area contributed by atoms with Crippen molar-refractivity contribution in [1.82, 2.24) is 5.32 Å². The molecule has 1 aliphatic rings. The Morgan fingerprint density at radius 3 is 2.36 bits per heavy atom. The van der Waals surface area contributed by atoms with Crippen LogP contribution < -0.4 is 15.4 Å². The number of carbonyl (C=O) groups excluding carboxylic acids is 3. The number of nitrogens with one attached hydrogen (secondary N) is 2. The van der Waals surface area contributed by atoms with Crippen LogP contribution in [0.15, 0.2) is 59.1 Å². The summed E-state index contributed by atoms with van der Waals surface area (Å²) in [6.07, 6.45) is 0. The Kier molecular flexibility index (Phi) is 7.74. The Morgan fingerprint density at radius 2 is 1.79 bits per heavy atom. The molecule has 8 nitrogen and oxygen atoms in total. The summed E-state index contributed by atoms with van der Waals surface area (Å²) in [5, 5.41) is 15.5. The molecule has 0 unspecified atom stereocenters. The summed E-state index contributed by atoms with van der Waals surface area (Å²) in [6, 6.07) is 16.2. The summed E-state index contributed by atoms with van der Waals surface area (Å²) in [7, 11) is 2.75. The second-order valence-corrected chi connectivity index (χ2v) is 8.28. The molecule has 1 aliphatic heterocycles. The Bertz CT molecular complexity index is 1120. The van der Waals surface area contributed by atoms with Crippen LogP contribution in [-0.4, -0.2) is 37.8 Å². The first-order valence-corrected chi connectivity index (χ1v) is 11.0. The predicted octanol–water partition coefficient (Wildman–Crippen LogP) is 3.11. The van der Waals surface area contributed by atoms with Crippen LogP contribution >= 0.6 is 11.8 Å². The maximum absolute atomic E-state index is 12.8. The maximum Gasteiger partial charge on any atom is 0.319 e. The monoisotopic (exact) mass is 465 g/mol. The van der Waals surface area contributed by atoms with Gasteiger partial charge in [-0.25, -0.2) is 0 Å². The highest BCUT2D eigenvalue weighted by molar-refractivity contribution is 8.03. The zero-order chi connectivity index (χ0) is 24.0. The SMILES string of the molecule is COC(=O)[C@H]1C(=O)NC(SCC(=O)Nc2ccc(OC)cc2)=C(C#N)[C@@H]1c1ccc(C)cc1. The molecule has 3 rings (SSSR count). The molecule has 0 bridgehead atoms. The van der Waals surface area contributed by atoms with E-state index in [1.807, 2.05) is 19.1 Å². The van der Waals surface area contributed by atoms with E-state index in [9.17, 15) is 19.6 Å². The molecule has 9 heteroatoms. The molecule has 1 heterocycles. The lowest BCUT2D eigenvalue weighted by atomic mass is 9.78. The fraction of sp³-hybridized carbons (Fsp3) is 0.250. The van der Waals surface area contributed by atoms with E-state index >= 15 is 0 Å². The Morgan fingerprint density at radius 1 is 1.12 bits per heavy atom. The first-order valence-electron chi connectivity index (χ1n) is 10.0. The normalized spacial score (nSPS) is 17.6. The summed E-state index contributed by atoms with van der Waals surface area (Å²) >= 11 is 1.03. The van der Waals surface area contributed by atoms with Crippen LogP contribution in [-0.2, 0) is 19.1 Å². The fourth-order valence-electron chi connectivity index (χ4n) is 3.46. The lowest BCUT2D eigenvalue weighted by Crippen LogP contribution is -2.44. The van der Waals surface area contributed by atoms with Crippen molar-refractivity contribution in [3.63, 3.8) is 0 Å². The Hall–Kier alpha value is -3.77. The third-order valence-electron chi connectivity index (χ3n) is 5.14. The number of hydrogen-bond acceptors (Lipinski definition) is 7. The van der Waals surface area contributed by atoms with Gasteiger partial charge in [0.15, 0.2) is 0 Å². The number of rotatable bonds is 7. The lowest BCUT2D eigenvalue weighted by molar-refractivity contribution is -0.150. The van der Waals surface area contributed by atoms with Crippen molar-refractivity contribution in [2.75, 3.05) is 25.3 Å². The number of methoxy groups -OCH3 is 2. The molecule has 170 valence electrons. The highest BCUT2D eigenvalue weighted by atomic mass is 32.2. The van der Waals surface area contributed by atoms with E-state index in [4.69, 9.17) is 9.47 Å². The van der Waals surface area contributed by atoms with Gasteiger partial charge in [0.25, 0.3) is 0 Å². The molecule has 0 radical (unpaired) electrons. The second kappa shape index (κ2) is 10.7. The predicted molar refractivity (Wildman–Crippen MR) is 124 cm³/mol. The molecule has 2 aromatic carbocycles. The maximum atomic E-state index is 12.8. The number of amides is 2. The van der Waals surface area contributed by atoms with Gasteiger partial charge in [0.05, 0.1) is 36.6 Å². The third kappa shape index (κ3) is 5.54. The van der Waals surface area contributed by atoms with Gasteiger partial charge in [0.2, 0.25) is 11.8 Å². The number of nitrogens with zero attached hydrogens (tertiary/aromatic N) is 1. The van der Waals surface area contributed by atoms with Crippen LogP contribution in [0.2, 0.25) is 0 Å². The summed E-state index contributed by atoms with van der Waals surface area (Å²) in [5.74, 6) is -3.02. The largest absolute Gasteiger partial charge is 0.497 e. The second-order valence-electron chi connectivity index (χ2n) is 7.30. The van der Waals surface area contributed by atoms with Crippen LogP contribution in [0.1, 0.15) is 17.0 Å². The smallest absolute Gasteiger partial charge is 0.319 e. The van der Waals surface area contributed by atoms with Crippen molar-refractivity contribution in [3.05, 3.63) is 70.3 Å². The molecule has 2 aromatic rings. The number of esters is 1. The third-order valence-corrected chi connectivity index (χ3v) is 6.16. The van der Waals surface area contributed by atoms with Crippen LogP contribution in [0.5, 0.6) is 5.75 Å². The average Bonchev–Trinajstić information content (AvgIpc) is 2.82. The van der Waals surface area contributed by atoms with Crippen molar-refractivity contribution < 1.29 is 23.9 Å². The first kappa shape index (κ1) is 23.9.